The Hall–Kier alpha value is -2.39. The first-order valence-corrected chi connectivity index (χ1v) is 9.94. The SMILES string of the molecule is NS(=O)(=O)c1cc(NC(=O)Cc2cccc(Cl)c2)ccc1-n1cc(Cl)cn1. The van der Waals surface area contributed by atoms with Gasteiger partial charge in [0, 0.05) is 16.9 Å². The molecule has 0 aliphatic rings. The molecule has 0 saturated heterocycles. The number of anilines is 1. The van der Waals surface area contributed by atoms with Gasteiger partial charge in [-0.1, -0.05) is 35.3 Å². The lowest BCUT2D eigenvalue weighted by atomic mass is 10.1. The molecule has 0 fully saturated rings. The minimum atomic E-state index is -4.07. The number of carbonyl (C=O) groups excluding carboxylic acids is 1. The predicted molar refractivity (Wildman–Crippen MR) is 104 cm³/mol. The van der Waals surface area contributed by atoms with Crippen LogP contribution in [0.4, 0.5) is 5.69 Å². The van der Waals surface area contributed by atoms with E-state index in [0.29, 0.717) is 10.0 Å². The van der Waals surface area contributed by atoms with E-state index in [1.807, 2.05) is 0 Å². The van der Waals surface area contributed by atoms with Crippen molar-refractivity contribution in [1.82, 2.24) is 9.78 Å². The Morgan fingerprint density at radius 2 is 1.93 bits per heavy atom. The minimum Gasteiger partial charge on any atom is -0.326 e. The van der Waals surface area contributed by atoms with Gasteiger partial charge in [0.1, 0.15) is 4.90 Å². The van der Waals surface area contributed by atoms with Gasteiger partial charge in [-0.05, 0) is 35.9 Å². The van der Waals surface area contributed by atoms with Gasteiger partial charge in [0.2, 0.25) is 15.9 Å². The number of hydrogen-bond acceptors (Lipinski definition) is 4. The molecule has 0 atom stereocenters. The van der Waals surface area contributed by atoms with Crippen molar-refractivity contribution >= 4 is 44.8 Å². The van der Waals surface area contributed by atoms with E-state index < -0.39 is 10.0 Å². The molecule has 0 unspecified atom stereocenters. The lowest BCUT2D eigenvalue weighted by Crippen LogP contribution is -2.18. The molecule has 0 radical (unpaired) electrons. The molecule has 1 aromatic heterocycles. The number of hydrogen-bond donors (Lipinski definition) is 2. The quantitative estimate of drug-likeness (QED) is 0.655. The number of aromatic nitrogens is 2. The van der Waals surface area contributed by atoms with Crippen LogP contribution in [-0.2, 0) is 21.2 Å². The number of primary sulfonamides is 1. The lowest BCUT2D eigenvalue weighted by molar-refractivity contribution is -0.115. The summed E-state index contributed by atoms with van der Waals surface area (Å²) in [6, 6.07) is 11.2. The summed E-state index contributed by atoms with van der Waals surface area (Å²) in [5, 5.41) is 12.8. The summed E-state index contributed by atoms with van der Waals surface area (Å²) in [7, 11) is -4.07. The molecule has 3 N–H and O–H groups in total. The third-order valence-corrected chi connectivity index (χ3v) is 4.97. The Balaban J connectivity index is 1.87. The van der Waals surface area contributed by atoms with Crippen molar-refractivity contribution in [3.8, 4) is 5.69 Å². The zero-order valence-corrected chi connectivity index (χ0v) is 16.1. The van der Waals surface area contributed by atoms with Crippen LogP contribution in [-0.4, -0.2) is 24.1 Å². The van der Waals surface area contributed by atoms with E-state index in [-0.39, 0.29) is 28.6 Å². The van der Waals surface area contributed by atoms with Gasteiger partial charge in [0.25, 0.3) is 0 Å². The van der Waals surface area contributed by atoms with Crippen molar-refractivity contribution in [2.45, 2.75) is 11.3 Å². The fourth-order valence-electron chi connectivity index (χ4n) is 2.48. The number of amides is 1. The average Bonchev–Trinajstić information content (AvgIpc) is 3.00. The van der Waals surface area contributed by atoms with Crippen LogP contribution in [0.15, 0.2) is 59.8 Å². The van der Waals surface area contributed by atoms with Crippen LogP contribution < -0.4 is 10.5 Å². The van der Waals surface area contributed by atoms with Crippen LogP contribution in [0.1, 0.15) is 5.56 Å². The summed E-state index contributed by atoms with van der Waals surface area (Å²) in [5.74, 6) is -0.326. The highest BCUT2D eigenvalue weighted by atomic mass is 35.5. The van der Waals surface area contributed by atoms with Gasteiger partial charge in [-0.3, -0.25) is 4.79 Å². The van der Waals surface area contributed by atoms with Gasteiger partial charge in [0.05, 0.1) is 23.3 Å². The summed E-state index contributed by atoms with van der Waals surface area (Å²) >= 11 is 11.7. The number of rotatable bonds is 5. The number of sulfonamides is 1. The summed E-state index contributed by atoms with van der Waals surface area (Å²) < 4.78 is 25.2. The maximum absolute atomic E-state index is 12.2. The van der Waals surface area contributed by atoms with Crippen LogP contribution in [0, 0.1) is 0 Å². The average molecular weight is 425 g/mol. The normalized spacial score (nSPS) is 11.4. The maximum Gasteiger partial charge on any atom is 0.240 e. The molecule has 27 heavy (non-hydrogen) atoms. The van der Waals surface area contributed by atoms with Crippen molar-refractivity contribution in [2.24, 2.45) is 5.14 Å². The van der Waals surface area contributed by atoms with E-state index in [4.69, 9.17) is 28.3 Å². The van der Waals surface area contributed by atoms with Crippen LogP contribution >= 0.6 is 23.2 Å². The lowest BCUT2D eigenvalue weighted by Gasteiger charge is -2.11. The van der Waals surface area contributed by atoms with Crippen molar-refractivity contribution in [2.75, 3.05) is 5.32 Å². The summed E-state index contributed by atoms with van der Waals surface area (Å²) in [5.41, 5.74) is 1.24. The second-order valence-corrected chi connectivity index (χ2v) is 8.09. The molecule has 3 rings (SSSR count). The smallest absolute Gasteiger partial charge is 0.240 e. The molecule has 0 saturated carbocycles. The van der Waals surface area contributed by atoms with E-state index >= 15 is 0 Å². The molecule has 1 heterocycles. The maximum atomic E-state index is 12.2. The van der Waals surface area contributed by atoms with Crippen LogP contribution in [0.5, 0.6) is 0 Å². The van der Waals surface area contributed by atoms with E-state index in [1.165, 1.54) is 29.2 Å². The molecule has 140 valence electrons. The van der Waals surface area contributed by atoms with Crippen molar-refractivity contribution in [3.63, 3.8) is 0 Å². The molecule has 2 aromatic carbocycles. The number of nitrogens with zero attached hydrogens (tertiary/aromatic N) is 2. The first kappa shape index (κ1) is 19.4. The topological polar surface area (TPSA) is 107 Å². The molecular formula is C17H14Cl2N4O3S. The van der Waals surface area contributed by atoms with Crippen LogP contribution in [0.2, 0.25) is 10.0 Å². The Morgan fingerprint density at radius 3 is 2.56 bits per heavy atom. The van der Waals surface area contributed by atoms with E-state index in [1.54, 1.807) is 30.3 Å². The predicted octanol–water partition coefficient (Wildman–Crippen LogP) is 3.01. The molecule has 0 aliphatic carbocycles. The summed E-state index contributed by atoms with van der Waals surface area (Å²) in [6.07, 6.45) is 2.90. The number of carbonyl (C=O) groups is 1. The van der Waals surface area contributed by atoms with Gasteiger partial charge in [-0.25, -0.2) is 18.2 Å². The second kappa shape index (κ2) is 7.69. The van der Waals surface area contributed by atoms with Crippen LogP contribution in [0.25, 0.3) is 5.69 Å². The highest BCUT2D eigenvalue weighted by Crippen LogP contribution is 2.24. The van der Waals surface area contributed by atoms with E-state index in [2.05, 4.69) is 10.4 Å². The molecule has 7 nitrogen and oxygen atoms in total. The van der Waals surface area contributed by atoms with Gasteiger partial charge < -0.3 is 5.32 Å². The first-order valence-electron chi connectivity index (χ1n) is 7.64. The van der Waals surface area contributed by atoms with Crippen molar-refractivity contribution in [1.29, 1.82) is 0 Å². The molecule has 1 amide bonds. The standard InChI is InChI=1S/C17H14Cl2N4O3S/c18-12-3-1-2-11(6-12)7-17(24)22-14-4-5-15(16(8-14)27(20,25)26)23-10-13(19)9-21-23/h1-6,8-10H,7H2,(H,22,24)(H2,20,25,26). The minimum absolute atomic E-state index is 0.0851. The summed E-state index contributed by atoms with van der Waals surface area (Å²) in [4.78, 5) is 12.1. The molecule has 0 spiro atoms. The molecule has 0 aliphatic heterocycles. The largest absolute Gasteiger partial charge is 0.326 e. The fraction of sp³-hybridized carbons (Fsp3) is 0.0588. The first-order chi connectivity index (χ1) is 12.7. The highest BCUT2D eigenvalue weighted by Gasteiger charge is 2.18. The van der Waals surface area contributed by atoms with Gasteiger partial charge in [-0.2, -0.15) is 5.10 Å². The zero-order valence-electron chi connectivity index (χ0n) is 13.8. The number of nitrogens with two attached hydrogens (primary N) is 1. The number of benzene rings is 2. The van der Waals surface area contributed by atoms with Crippen molar-refractivity contribution < 1.29 is 13.2 Å². The molecule has 0 bridgehead atoms. The Bertz CT molecular complexity index is 1110. The van der Waals surface area contributed by atoms with Gasteiger partial charge in [0.15, 0.2) is 0 Å². The van der Waals surface area contributed by atoms with Gasteiger partial charge >= 0.3 is 0 Å². The highest BCUT2D eigenvalue weighted by molar-refractivity contribution is 7.89. The monoisotopic (exact) mass is 424 g/mol. The Labute approximate surface area is 165 Å². The van der Waals surface area contributed by atoms with Crippen molar-refractivity contribution in [3.05, 3.63) is 70.5 Å². The number of halogens is 2. The molecule has 3 aromatic rings. The van der Waals surface area contributed by atoms with Gasteiger partial charge in [-0.15, -0.1) is 0 Å². The Morgan fingerprint density at radius 1 is 1.15 bits per heavy atom. The molecular weight excluding hydrogens is 411 g/mol. The molecule has 10 heteroatoms. The second-order valence-electron chi connectivity index (χ2n) is 5.69. The Kier molecular flexibility index (Phi) is 5.52. The summed E-state index contributed by atoms with van der Waals surface area (Å²) in [6.45, 7) is 0. The third kappa shape index (κ3) is 4.86. The third-order valence-electron chi connectivity index (χ3n) is 3.60. The van der Waals surface area contributed by atoms with E-state index in [0.717, 1.165) is 5.56 Å². The fourth-order valence-corrected chi connectivity index (χ4v) is 3.57. The number of nitrogens with one attached hydrogen (secondary N) is 1. The van der Waals surface area contributed by atoms with Crippen LogP contribution in [0.3, 0.4) is 0 Å². The zero-order chi connectivity index (χ0) is 19.6. The van der Waals surface area contributed by atoms with E-state index in [9.17, 15) is 13.2 Å².